The Bertz CT molecular complexity index is 616. The van der Waals surface area contributed by atoms with Gasteiger partial charge in [-0.15, -0.1) is 0 Å². The van der Waals surface area contributed by atoms with E-state index in [2.05, 4.69) is 60.0 Å². The van der Waals surface area contributed by atoms with Crippen molar-refractivity contribution in [3.8, 4) is 0 Å². The second-order valence-corrected chi connectivity index (χ2v) is 5.90. The first-order valence-corrected chi connectivity index (χ1v) is 7.73. The lowest BCUT2D eigenvalue weighted by molar-refractivity contribution is 0.221. The summed E-state index contributed by atoms with van der Waals surface area (Å²) in [6.07, 6.45) is 10.7. The molecule has 0 aliphatic carbocycles. The first-order chi connectivity index (χ1) is 9.78. The number of aromatic nitrogens is 1. The molecule has 1 aliphatic heterocycles. The molecule has 0 amide bonds. The molecular weight excluding hydrogens is 244 g/mol. The van der Waals surface area contributed by atoms with Gasteiger partial charge in [0, 0.05) is 24.3 Å². The molecule has 2 nitrogen and oxygen atoms in total. The van der Waals surface area contributed by atoms with Crippen LogP contribution in [0.2, 0.25) is 0 Å². The molecule has 2 heteroatoms. The van der Waals surface area contributed by atoms with Crippen molar-refractivity contribution in [2.75, 3.05) is 13.1 Å². The van der Waals surface area contributed by atoms with Crippen molar-refractivity contribution >= 4 is 17.1 Å². The minimum Gasteiger partial charge on any atom is -0.323 e. The van der Waals surface area contributed by atoms with Gasteiger partial charge in [-0.2, -0.15) is 0 Å². The third-order valence-corrected chi connectivity index (χ3v) is 4.22. The molecule has 1 saturated heterocycles. The zero-order valence-corrected chi connectivity index (χ0v) is 12.6. The average Bonchev–Trinajstić information content (AvgIpc) is 2.78. The van der Waals surface area contributed by atoms with Gasteiger partial charge < -0.3 is 4.57 Å². The highest BCUT2D eigenvalue weighted by atomic mass is 15.1. The van der Waals surface area contributed by atoms with Crippen LogP contribution in [-0.2, 0) is 6.54 Å². The van der Waals surface area contributed by atoms with Crippen molar-refractivity contribution in [1.29, 1.82) is 0 Å². The van der Waals surface area contributed by atoms with Gasteiger partial charge in [-0.25, -0.2) is 0 Å². The summed E-state index contributed by atoms with van der Waals surface area (Å²) in [7, 11) is 0. The molecule has 20 heavy (non-hydrogen) atoms. The lowest BCUT2D eigenvalue weighted by Gasteiger charge is -2.26. The first-order valence-electron chi connectivity index (χ1n) is 7.73. The van der Waals surface area contributed by atoms with Crippen LogP contribution in [0.4, 0.5) is 0 Å². The van der Waals surface area contributed by atoms with Crippen molar-refractivity contribution in [1.82, 2.24) is 9.47 Å². The maximum atomic E-state index is 2.60. The number of allylic oxidation sites excluding steroid dienone is 1. The van der Waals surface area contributed by atoms with Crippen LogP contribution in [0.25, 0.3) is 17.1 Å². The van der Waals surface area contributed by atoms with Crippen molar-refractivity contribution in [3.05, 3.63) is 41.6 Å². The number of nitrogens with zero attached hydrogens (tertiary/aromatic N) is 2. The van der Waals surface area contributed by atoms with Crippen LogP contribution in [0.1, 0.15) is 37.3 Å². The first kappa shape index (κ1) is 13.4. The quantitative estimate of drug-likeness (QED) is 0.799. The van der Waals surface area contributed by atoms with Gasteiger partial charge in [-0.05, 0) is 57.5 Å². The van der Waals surface area contributed by atoms with Gasteiger partial charge in [0.05, 0.1) is 5.52 Å². The molecule has 0 bridgehead atoms. The topological polar surface area (TPSA) is 8.17 Å². The SMILES string of the molecule is CC=Cn1cc(CN2CCCCC2)c2cc(C)ccc21. The van der Waals surface area contributed by atoms with Gasteiger partial charge in [0.2, 0.25) is 0 Å². The smallest absolute Gasteiger partial charge is 0.0525 e. The highest BCUT2D eigenvalue weighted by Crippen LogP contribution is 2.25. The molecule has 106 valence electrons. The fraction of sp³-hybridized carbons (Fsp3) is 0.444. The van der Waals surface area contributed by atoms with Crippen LogP contribution in [0.5, 0.6) is 0 Å². The van der Waals surface area contributed by atoms with E-state index in [9.17, 15) is 0 Å². The number of aryl methyl sites for hydroxylation is 1. The van der Waals surface area contributed by atoms with Crippen molar-refractivity contribution in [2.45, 2.75) is 39.7 Å². The zero-order valence-electron chi connectivity index (χ0n) is 12.6. The predicted octanol–water partition coefficient (Wildman–Crippen LogP) is 4.43. The number of hydrogen-bond donors (Lipinski definition) is 0. The van der Waals surface area contributed by atoms with E-state index in [1.807, 2.05) is 0 Å². The molecule has 2 aromatic rings. The van der Waals surface area contributed by atoms with Gasteiger partial charge in [0.25, 0.3) is 0 Å². The number of benzene rings is 1. The molecule has 2 heterocycles. The van der Waals surface area contributed by atoms with Crippen LogP contribution >= 0.6 is 0 Å². The zero-order chi connectivity index (χ0) is 13.9. The van der Waals surface area contributed by atoms with Gasteiger partial charge in [0.15, 0.2) is 0 Å². The standard InChI is InChI=1S/C18H24N2/c1-3-9-20-14-16(13-19-10-5-4-6-11-19)17-12-15(2)7-8-18(17)20/h3,7-9,12,14H,4-6,10-11,13H2,1-2H3. The van der Waals surface area contributed by atoms with Crippen molar-refractivity contribution < 1.29 is 0 Å². The Morgan fingerprint density at radius 3 is 2.70 bits per heavy atom. The molecule has 0 unspecified atom stereocenters. The molecule has 0 N–H and O–H groups in total. The lowest BCUT2D eigenvalue weighted by Crippen LogP contribution is -2.28. The van der Waals surface area contributed by atoms with E-state index in [1.165, 1.54) is 54.4 Å². The maximum absolute atomic E-state index is 2.60. The third-order valence-electron chi connectivity index (χ3n) is 4.22. The second kappa shape index (κ2) is 5.84. The monoisotopic (exact) mass is 268 g/mol. The van der Waals surface area contributed by atoms with Gasteiger partial charge in [-0.1, -0.05) is 24.1 Å². The molecule has 1 aromatic heterocycles. The van der Waals surface area contributed by atoms with E-state index in [1.54, 1.807) is 0 Å². The molecule has 3 rings (SSSR count). The summed E-state index contributed by atoms with van der Waals surface area (Å²) in [6, 6.07) is 6.77. The maximum Gasteiger partial charge on any atom is 0.0525 e. The molecule has 1 fully saturated rings. The Labute approximate surface area is 121 Å². The van der Waals surface area contributed by atoms with E-state index >= 15 is 0 Å². The Morgan fingerprint density at radius 2 is 1.95 bits per heavy atom. The Morgan fingerprint density at radius 1 is 1.15 bits per heavy atom. The van der Waals surface area contributed by atoms with Crippen LogP contribution in [0.3, 0.4) is 0 Å². The fourth-order valence-corrected chi connectivity index (χ4v) is 3.21. The van der Waals surface area contributed by atoms with E-state index < -0.39 is 0 Å². The lowest BCUT2D eigenvalue weighted by atomic mass is 10.1. The van der Waals surface area contributed by atoms with Crippen LogP contribution < -0.4 is 0 Å². The molecule has 0 saturated carbocycles. The Kier molecular flexibility index (Phi) is 3.93. The number of rotatable bonds is 3. The van der Waals surface area contributed by atoms with Gasteiger partial charge >= 0.3 is 0 Å². The minimum atomic E-state index is 1.09. The van der Waals surface area contributed by atoms with Gasteiger partial charge in [0.1, 0.15) is 0 Å². The van der Waals surface area contributed by atoms with Crippen LogP contribution in [0.15, 0.2) is 30.5 Å². The third kappa shape index (κ3) is 2.66. The summed E-state index contributed by atoms with van der Waals surface area (Å²) in [4.78, 5) is 2.60. The van der Waals surface area contributed by atoms with Gasteiger partial charge in [-0.3, -0.25) is 4.90 Å². The van der Waals surface area contributed by atoms with Crippen molar-refractivity contribution in [3.63, 3.8) is 0 Å². The summed E-state index contributed by atoms with van der Waals surface area (Å²) in [5.41, 5.74) is 4.13. The predicted molar refractivity (Wildman–Crippen MR) is 86.8 cm³/mol. The highest BCUT2D eigenvalue weighted by Gasteiger charge is 2.14. The second-order valence-electron chi connectivity index (χ2n) is 5.90. The normalized spacial score (nSPS) is 17.3. The number of likely N-dealkylation sites (tertiary alicyclic amines) is 1. The Hall–Kier alpha value is -1.54. The summed E-state index contributed by atoms with van der Waals surface area (Å²) in [6.45, 7) is 7.84. The Balaban J connectivity index is 1.98. The molecule has 0 spiro atoms. The van der Waals surface area contributed by atoms with E-state index in [-0.39, 0.29) is 0 Å². The molecule has 0 radical (unpaired) electrons. The van der Waals surface area contributed by atoms with Crippen LogP contribution in [0, 0.1) is 6.92 Å². The molecule has 1 aromatic carbocycles. The van der Waals surface area contributed by atoms with E-state index in [4.69, 9.17) is 0 Å². The molecule has 1 aliphatic rings. The average molecular weight is 268 g/mol. The summed E-state index contributed by atoms with van der Waals surface area (Å²) in [5, 5.41) is 1.41. The van der Waals surface area contributed by atoms with E-state index in [0.29, 0.717) is 0 Å². The minimum absolute atomic E-state index is 1.09. The van der Waals surface area contributed by atoms with Crippen molar-refractivity contribution in [2.24, 2.45) is 0 Å². The van der Waals surface area contributed by atoms with E-state index in [0.717, 1.165) is 6.54 Å². The number of hydrogen-bond acceptors (Lipinski definition) is 1. The largest absolute Gasteiger partial charge is 0.323 e. The van der Waals surface area contributed by atoms with Crippen LogP contribution in [-0.4, -0.2) is 22.6 Å². The summed E-state index contributed by atoms with van der Waals surface area (Å²) in [5.74, 6) is 0. The summed E-state index contributed by atoms with van der Waals surface area (Å²) < 4.78 is 2.26. The summed E-state index contributed by atoms with van der Waals surface area (Å²) >= 11 is 0. The number of fused-ring (bicyclic) bond motifs is 1. The fourth-order valence-electron chi connectivity index (χ4n) is 3.21. The molecule has 0 atom stereocenters. The molecular formula is C18H24N2. The number of piperidine rings is 1. The highest BCUT2D eigenvalue weighted by molar-refractivity contribution is 5.86.